The molecular formula is C5H5BrN2O. The summed E-state index contributed by atoms with van der Waals surface area (Å²) in [5.41, 5.74) is 0. The van der Waals surface area contributed by atoms with Crippen LogP contribution in [0.1, 0.15) is 24.7 Å². The van der Waals surface area contributed by atoms with Crippen LogP contribution in [0.2, 0.25) is 0 Å². The molecule has 0 aliphatic heterocycles. The highest BCUT2D eigenvalue weighted by atomic mass is 79.9. The van der Waals surface area contributed by atoms with E-state index in [0.717, 1.165) is 5.89 Å². The van der Waals surface area contributed by atoms with Gasteiger partial charge in [-0.15, -0.1) is 10.2 Å². The Bertz CT molecular complexity index is 218. The van der Waals surface area contributed by atoms with Gasteiger partial charge in [-0.05, 0) is 12.8 Å². The lowest BCUT2D eigenvalue weighted by Gasteiger charge is -1.79. The van der Waals surface area contributed by atoms with Gasteiger partial charge in [-0.2, -0.15) is 0 Å². The molecule has 1 aliphatic rings. The lowest BCUT2D eigenvalue weighted by atomic mass is 10.4. The van der Waals surface area contributed by atoms with Crippen molar-refractivity contribution in [1.29, 1.82) is 0 Å². The third kappa shape index (κ3) is 0.986. The average Bonchev–Trinajstić information content (AvgIpc) is 2.58. The maximum absolute atomic E-state index is 5.10. The minimum absolute atomic E-state index is 0.490. The highest BCUT2D eigenvalue weighted by molar-refractivity contribution is 9.10. The molecule has 0 atom stereocenters. The standard InChI is InChI=1S/C5H5BrN2O/c6-5-8-7-4(9-5)3-1-2-3/h3H,1-2H2. The second-order valence-corrected chi connectivity index (χ2v) is 2.85. The van der Waals surface area contributed by atoms with E-state index in [9.17, 15) is 0 Å². The summed E-state index contributed by atoms with van der Waals surface area (Å²) in [5, 5.41) is 7.49. The van der Waals surface area contributed by atoms with E-state index in [2.05, 4.69) is 26.1 Å². The molecule has 1 aromatic rings. The number of aromatic nitrogens is 2. The Kier molecular flexibility index (Phi) is 1.08. The fourth-order valence-corrected chi connectivity index (χ4v) is 0.956. The van der Waals surface area contributed by atoms with Crippen molar-refractivity contribution in [1.82, 2.24) is 10.2 Å². The van der Waals surface area contributed by atoms with Crippen LogP contribution in [0.5, 0.6) is 0 Å². The predicted octanol–water partition coefficient (Wildman–Crippen LogP) is 1.71. The molecule has 0 amide bonds. The monoisotopic (exact) mass is 188 g/mol. The molecule has 0 saturated heterocycles. The SMILES string of the molecule is Brc1nnc(C2CC2)o1. The van der Waals surface area contributed by atoms with E-state index < -0.39 is 0 Å². The third-order valence-electron chi connectivity index (χ3n) is 1.34. The van der Waals surface area contributed by atoms with E-state index in [1.807, 2.05) is 0 Å². The van der Waals surface area contributed by atoms with E-state index in [1.165, 1.54) is 12.8 Å². The van der Waals surface area contributed by atoms with E-state index in [0.29, 0.717) is 10.7 Å². The zero-order valence-electron chi connectivity index (χ0n) is 4.67. The summed E-state index contributed by atoms with van der Waals surface area (Å²) in [5.74, 6) is 1.34. The maximum Gasteiger partial charge on any atom is 0.284 e. The summed E-state index contributed by atoms with van der Waals surface area (Å²) in [7, 11) is 0. The van der Waals surface area contributed by atoms with Crippen LogP contribution in [-0.2, 0) is 0 Å². The zero-order chi connectivity index (χ0) is 6.27. The van der Waals surface area contributed by atoms with Crippen molar-refractivity contribution in [2.45, 2.75) is 18.8 Å². The molecule has 9 heavy (non-hydrogen) atoms. The van der Waals surface area contributed by atoms with Crippen LogP contribution in [0, 0.1) is 0 Å². The van der Waals surface area contributed by atoms with Crippen molar-refractivity contribution in [3.63, 3.8) is 0 Å². The van der Waals surface area contributed by atoms with Gasteiger partial charge in [0.15, 0.2) is 0 Å². The summed E-state index contributed by atoms with van der Waals surface area (Å²) in [6.45, 7) is 0. The maximum atomic E-state index is 5.10. The second-order valence-electron chi connectivity index (χ2n) is 2.17. The lowest BCUT2D eigenvalue weighted by molar-refractivity contribution is 0.474. The van der Waals surface area contributed by atoms with Crippen molar-refractivity contribution in [2.75, 3.05) is 0 Å². The van der Waals surface area contributed by atoms with Crippen LogP contribution in [0.25, 0.3) is 0 Å². The molecular weight excluding hydrogens is 184 g/mol. The fraction of sp³-hybridized carbons (Fsp3) is 0.600. The molecule has 2 rings (SSSR count). The molecule has 3 nitrogen and oxygen atoms in total. The van der Waals surface area contributed by atoms with Gasteiger partial charge in [-0.1, -0.05) is 0 Å². The van der Waals surface area contributed by atoms with Gasteiger partial charge in [0.2, 0.25) is 5.89 Å². The highest BCUT2D eigenvalue weighted by Gasteiger charge is 2.28. The first kappa shape index (κ1) is 5.41. The Morgan fingerprint density at radius 2 is 2.22 bits per heavy atom. The molecule has 0 unspecified atom stereocenters. The number of halogens is 1. The van der Waals surface area contributed by atoms with Crippen molar-refractivity contribution < 1.29 is 4.42 Å². The quantitative estimate of drug-likeness (QED) is 0.674. The molecule has 1 aliphatic carbocycles. The molecule has 48 valence electrons. The molecule has 1 heterocycles. The van der Waals surface area contributed by atoms with Crippen LogP contribution >= 0.6 is 15.9 Å². The first-order valence-electron chi connectivity index (χ1n) is 2.85. The number of hydrogen-bond acceptors (Lipinski definition) is 3. The van der Waals surface area contributed by atoms with Crippen LogP contribution in [0.4, 0.5) is 0 Å². The molecule has 0 spiro atoms. The average molecular weight is 189 g/mol. The van der Waals surface area contributed by atoms with Crippen LogP contribution in [0.15, 0.2) is 9.22 Å². The van der Waals surface area contributed by atoms with Crippen molar-refractivity contribution >= 4 is 15.9 Å². The van der Waals surface area contributed by atoms with Crippen molar-refractivity contribution in [3.8, 4) is 0 Å². The molecule has 0 bridgehead atoms. The smallest absolute Gasteiger partial charge is 0.284 e. The zero-order valence-corrected chi connectivity index (χ0v) is 6.26. The van der Waals surface area contributed by atoms with Crippen LogP contribution in [-0.4, -0.2) is 10.2 Å². The van der Waals surface area contributed by atoms with E-state index >= 15 is 0 Å². The van der Waals surface area contributed by atoms with Gasteiger partial charge in [-0.3, -0.25) is 0 Å². The van der Waals surface area contributed by atoms with Crippen molar-refractivity contribution in [3.05, 3.63) is 10.7 Å². The third-order valence-corrected chi connectivity index (χ3v) is 1.66. The molecule has 0 radical (unpaired) electrons. The van der Waals surface area contributed by atoms with Crippen molar-refractivity contribution in [2.24, 2.45) is 0 Å². The van der Waals surface area contributed by atoms with Crippen LogP contribution in [0.3, 0.4) is 0 Å². The Balaban J connectivity index is 2.28. The van der Waals surface area contributed by atoms with Gasteiger partial charge in [0.05, 0.1) is 0 Å². The van der Waals surface area contributed by atoms with Gasteiger partial charge in [0.1, 0.15) is 0 Å². The van der Waals surface area contributed by atoms with Gasteiger partial charge in [0, 0.05) is 21.8 Å². The minimum atomic E-state index is 0.490. The first-order valence-corrected chi connectivity index (χ1v) is 3.64. The minimum Gasteiger partial charge on any atom is -0.415 e. The van der Waals surface area contributed by atoms with E-state index in [4.69, 9.17) is 4.42 Å². The lowest BCUT2D eigenvalue weighted by Crippen LogP contribution is -1.75. The molecule has 1 aromatic heterocycles. The Morgan fingerprint density at radius 3 is 2.67 bits per heavy atom. The Labute approximate surface area is 60.6 Å². The molecule has 0 aromatic carbocycles. The highest BCUT2D eigenvalue weighted by Crippen LogP contribution is 2.39. The molecule has 0 N–H and O–H groups in total. The summed E-state index contributed by atoms with van der Waals surface area (Å²) in [6.07, 6.45) is 2.41. The Morgan fingerprint density at radius 1 is 1.44 bits per heavy atom. The number of rotatable bonds is 1. The molecule has 1 fully saturated rings. The molecule has 4 heteroatoms. The summed E-state index contributed by atoms with van der Waals surface area (Å²) < 4.78 is 5.10. The van der Waals surface area contributed by atoms with E-state index in [-0.39, 0.29) is 0 Å². The first-order chi connectivity index (χ1) is 4.36. The van der Waals surface area contributed by atoms with Gasteiger partial charge >= 0.3 is 0 Å². The topological polar surface area (TPSA) is 38.9 Å². The van der Waals surface area contributed by atoms with E-state index in [1.54, 1.807) is 0 Å². The fourth-order valence-electron chi connectivity index (χ4n) is 0.711. The predicted molar refractivity (Wildman–Crippen MR) is 34.0 cm³/mol. The Hall–Kier alpha value is -0.380. The summed E-state index contributed by atoms with van der Waals surface area (Å²) in [6, 6.07) is 0. The number of hydrogen-bond donors (Lipinski definition) is 0. The molecule has 1 saturated carbocycles. The van der Waals surface area contributed by atoms with Gasteiger partial charge in [0.25, 0.3) is 4.80 Å². The van der Waals surface area contributed by atoms with Crippen LogP contribution < -0.4 is 0 Å². The van der Waals surface area contributed by atoms with Gasteiger partial charge < -0.3 is 4.42 Å². The summed E-state index contributed by atoms with van der Waals surface area (Å²) in [4.78, 5) is 0.490. The summed E-state index contributed by atoms with van der Waals surface area (Å²) >= 11 is 3.09. The number of nitrogens with zero attached hydrogens (tertiary/aromatic N) is 2. The normalized spacial score (nSPS) is 18.3. The largest absolute Gasteiger partial charge is 0.415 e. The second kappa shape index (κ2) is 1.80. The van der Waals surface area contributed by atoms with Gasteiger partial charge in [-0.25, -0.2) is 0 Å².